The van der Waals surface area contributed by atoms with Crippen LogP contribution >= 0.6 is 0 Å². The molecule has 10 nitrogen and oxygen atoms in total. The Morgan fingerprint density at radius 2 is 1.17 bits per heavy atom. The minimum Gasteiger partial charge on any atom is -0.225 e. The van der Waals surface area contributed by atoms with E-state index in [0.29, 0.717) is 13.1 Å². The Balaban J connectivity index is 1.70. The normalized spacial score (nSPS) is 26.0. The van der Waals surface area contributed by atoms with Gasteiger partial charge in [0.15, 0.2) is 0 Å². The highest BCUT2D eigenvalue weighted by molar-refractivity contribution is 7.89. The Bertz CT molecular complexity index is 1070. The summed E-state index contributed by atoms with van der Waals surface area (Å²) in [6, 6.07) is 4.66. The molecule has 3 rings (SSSR count). The first-order chi connectivity index (χ1) is 13.8. The van der Waals surface area contributed by atoms with Gasteiger partial charge in [-0.3, -0.25) is 0 Å². The number of nitrogens with zero attached hydrogens (tertiary/aromatic N) is 3. The molecular weight excluding hydrogens is 452 g/mol. The first kappa shape index (κ1) is 23.6. The lowest BCUT2D eigenvalue weighted by atomic mass is 9.94. The topological polar surface area (TPSA) is 138 Å². The second kappa shape index (κ2) is 8.45. The molecule has 2 fully saturated rings. The maximum absolute atomic E-state index is 13.0. The number of sulfonamides is 2. The summed E-state index contributed by atoms with van der Waals surface area (Å²) < 4.78 is 78.5. The highest BCUT2D eigenvalue weighted by atomic mass is 32.2. The fourth-order valence-corrected chi connectivity index (χ4v) is 7.82. The highest BCUT2D eigenvalue weighted by Gasteiger charge is 2.38. The predicted molar refractivity (Wildman–Crippen MR) is 112 cm³/mol. The first-order valence-corrected chi connectivity index (χ1v) is 14.1. The van der Waals surface area contributed by atoms with E-state index in [2.05, 4.69) is 0 Å². The average molecular weight is 481 g/mol. The second-order valence-corrected chi connectivity index (χ2v) is 13.5. The lowest BCUT2D eigenvalue weighted by molar-refractivity contribution is 0.197. The van der Waals surface area contributed by atoms with Gasteiger partial charge in [-0.2, -0.15) is 21.3 Å². The minimum atomic E-state index is -3.92. The highest BCUT2D eigenvalue weighted by Crippen LogP contribution is 2.26. The average Bonchev–Trinajstić information content (AvgIpc) is 2.67. The van der Waals surface area contributed by atoms with Gasteiger partial charge in [-0.25, -0.2) is 22.0 Å². The van der Waals surface area contributed by atoms with Crippen LogP contribution in [0, 0.1) is 11.8 Å². The maximum atomic E-state index is 13.0. The van der Waals surface area contributed by atoms with Crippen molar-refractivity contribution < 1.29 is 25.3 Å². The van der Waals surface area contributed by atoms with Crippen LogP contribution < -0.4 is 5.14 Å². The van der Waals surface area contributed by atoms with E-state index in [-0.39, 0.29) is 47.8 Å². The number of benzene rings is 1. The molecule has 0 spiro atoms. The molecule has 0 radical (unpaired) electrons. The van der Waals surface area contributed by atoms with Crippen LogP contribution in [-0.2, 0) is 30.3 Å². The number of primary sulfonamides is 1. The van der Waals surface area contributed by atoms with Crippen LogP contribution in [-0.4, -0.2) is 77.4 Å². The summed E-state index contributed by atoms with van der Waals surface area (Å²) in [5.74, 6) is 0.566. The molecule has 0 amide bonds. The molecule has 0 aliphatic carbocycles. The molecule has 13 heteroatoms. The molecule has 1 aromatic carbocycles. The van der Waals surface area contributed by atoms with Gasteiger partial charge >= 0.3 is 0 Å². The van der Waals surface area contributed by atoms with Crippen LogP contribution in [0.2, 0.25) is 0 Å². The van der Waals surface area contributed by atoms with Crippen LogP contribution in [0.4, 0.5) is 0 Å². The van der Waals surface area contributed by atoms with Crippen LogP contribution in [0.5, 0.6) is 0 Å². The van der Waals surface area contributed by atoms with Crippen LogP contribution in [0.25, 0.3) is 0 Å². The Morgan fingerprint density at radius 3 is 1.63 bits per heavy atom. The zero-order chi connectivity index (χ0) is 22.3. The molecule has 2 heterocycles. The minimum absolute atomic E-state index is 0.0252. The van der Waals surface area contributed by atoms with Crippen LogP contribution in [0.3, 0.4) is 0 Å². The Kier molecular flexibility index (Phi) is 6.64. The van der Waals surface area contributed by atoms with E-state index in [9.17, 15) is 25.3 Å². The summed E-state index contributed by atoms with van der Waals surface area (Å²) in [4.78, 5) is -0.243. The largest absolute Gasteiger partial charge is 0.282 e. The zero-order valence-corrected chi connectivity index (χ0v) is 19.5. The van der Waals surface area contributed by atoms with Crippen molar-refractivity contribution in [3.63, 3.8) is 0 Å². The fourth-order valence-electron chi connectivity index (χ4n) is 4.05. The summed E-state index contributed by atoms with van der Waals surface area (Å²) in [5, 5.41) is 5.04. The van der Waals surface area contributed by atoms with Crippen LogP contribution in [0.1, 0.15) is 20.3 Å². The Morgan fingerprint density at radius 1 is 0.733 bits per heavy atom. The van der Waals surface area contributed by atoms with Gasteiger partial charge in [0.05, 0.1) is 9.79 Å². The van der Waals surface area contributed by atoms with E-state index in [1.165, 1.54) is 25.0 Å². The summed E-state index contributed by atoms with van der Waals surface area (Å²) >= 11 is 0. The van der Waals surface area contributed by atoms with Gasteiger partial charge in [0.25, 0.3) is 10.2 Å². The third kappa shape index (κ3) is 4.87. The van der Waals surface area contributed by atoms with E-state index in [0.717, 1.165) is 18.6 Å². The third-order valence-electron chi connectivity index (χ3n) is 5.48. The molecule has 0 saturated carbocycles. The van der Waals surface area contributed by atoms with E-state index < -0.39 is 30.3 Å². The molecule has 2 aliphatic rings. The first-order valence-electron chi connectivity index (χ1n) is 9.70. The van der Waals surface area contributed by atoms with Gasteiger partial charge in [-0.15, -0.1) is 0 Å². The van der Waals surface area contributed by atoms with Gasteiger partial charge in [-0.1, -0.05) is 13.8 Å². The monoisotopic (exact) mass is 480 g/mol. The number of hydrogen-bond donors (Lipinski definition) is 1. The molecule has 2 atom stereocenters. The number of piperazine rings is 1. The molecule has 2 saturated heterocycles. The van der Waals surface area contributed by atoms with Gasteiger partial charge in [0.1, 0.15) is 0 Å². The van der Waals surface area contributed by atoms with E-state index >= 15 is 0 Å². The van der Waals surface area contributed by atoms with E-state index in [4.69, 9.17) is 5.14 Å². The van der Waals surface area contributed by atoms with E-state index in [1.54, 1.807) is 0 Å². The summed E-state index contributed by atoms with van der Waals surface area (Å²) in [7, 11) is -11.4. The van der Waals surface area contributed by atoms with Gasteiger partial charge in [0.2, 0.25) is 20.0 Å². The van der Waals surface area contributed by atoms with Crippen molar-refractivity contribution in [3.8, 4) is 0 Å². The number of nitrogens with two attached hydrogens (primary N) is 1. The Hall–Kier alpha value is -1.09. The SMILES string of the molecule is CC1CC(C)CN(S(=O)(=O)N2CCN(S(=O)(=O)c3ccc(S(N)(=O)=O)cc3)CC2)C1. The van der Waals surface area contributed by atoms with Crippen molar-refractivity contribution in [3.05, 3.63) is 24.3 Å². The molecule has 2 N–H and O–H groups in total. The summed E-state index contributed by atoms with van der Waals surface area (Å²) in [6.07, 6.45) is 0.988. The predicted octanol–water partition coefficient (Wildman–Crippen LogP) is -0.137. The standard InChI is InChI=1S/C17H28N4O6S3/c1-14-11-15(2)13-21(12-14)30(26,27)20-9-7-19(8-10-20)29(24,25)17-5-3-16(4-6-17)28(18,22)23/h3-6,14-15H,7-13H2,1-2H3,(H2,18,22,23). The van der Waals surface area contributed by atoms with Gasteiger partial charge < -0.3 is 0 Å². The molecule has 0 aromatic heterocycles. The number of hydrogen-bond acceptors (Lipinski definition) is 6. The fraction of sp³-hybridized carbons (Fsp3) is 0.647. The second-order valence-electron chi connectivity index (χ2n) is 8.09. The van der Waals surface area contributed by atoms with Crippen LogP contribution in [0.15, 0.2) is 34.1 Å². The maximum Gasteiger partial charge on any atom is 0.282 e. The van der Waals surface area contributed by atoms with Gasteiger partial charge in [-0.05, 0) is 42.5 Å². The molecule has 0 bridgehead atoms. The van der Waals surface area contributed by atoms with Crippen molar-refractivity contribution >= 4 is 30.3 Å². The lowest BCUT2D eigenvalue weighted by Crippen LogP contribution is -2.56. The molecule has 170 valence electrons. The van der Waals surface area contributed by atoms with Crippen molar-refractivity contribution in [1.82, 2.24) is 12.9 Å². The number of piperidine rings is 1. The molecular formula is C17H28N4O6S3. The Labute approximate surface area is 178 Å². The zero-order valence-electron chi connectivity index (χ0n) is 17.0. The van der Waals surface area contributed by atoms with Crippen molar-refractivity contribution in [2.24, 2.45) is 17.0 Å². The molecule has 2 unspecified atom stereocenters. The van der Waals surface area contributed by atoms with Crippen molar-refractivity contribution in [1.29, 1.82) is 0 Å². The molecule has 1 aromatic rings. The third-order valence-corrected chi connectivity index (χ3v) is 10.3. The summed E-state index contributed by atoms with van der Waals surface area (Å²) in [6.45, 7) is 5.19. The lowest BCUT2D eigenvalue weighted by Gasteiger charge is -2.39. The van der Waals surface area contributed by atoms with Gasteiger partial charge in [0, 0.05) is 39.3 Å². The van der Waals surface area contributed by atoms with E-state index in [1.807, 2.05) is 13.8 Å². The van der Waals surface area contributed by atoms with Crippen molar-refractivity contribution in [2.75, 3.05) is 39.3 Å². The quantitative estimate of drug-likeness (QED) is 0.623. The number of rotatable bonds is 5. The molecule has 30 heavy (non-hydrogen) atoms. The van der Waals surface area contributed by atoms with Crippen molar-refractivity contribution in [2.45, 2.75) is 30.1 Å². The smallest absolute Gasteiger partial charge is 0.225 e. The molecule has 2 aliphatic heterocycles. The summed E-state index contributed by atoms with van der Waals surface area (Å²) in [5.41, 5.74) is 0.